The zero-order chi connectivity index (χ0) is 16.9. The molecule has 3 aromatic rings. The number of halogens is 2. The number of amides is 1. The number of ether oxygens (including phenoxy) is 1. The molecule has 0 spiro atoms. The second-order valence-electron chi connectivity index (χ2n) is 4.74. The molecule has 0 fully saturated rings. The number of hydrogen-bond donors (Lipinski definition) is 1. The number of nitrogens with one attached hydrogen (secondary N) is 1. The molecule has 0 aliphatic carbocycles. The summed E-state index contributed by atoms with van der Waals surface area (Å²) in [6.45, 7) is 0. The van der Waals surface area contributed by atoms with Crippen LogP contribution in [0.3, 0.4) is 0 Å². The lowest BCUT2D eigenvalue weighted by Crippen LogP contribution is -2.13. The van der Waals surface area contributed by atoms with E-state index in [0.717, 1.165) is 12.1 Å². The lowest BCUT2D eigenvalue weighted by molar-refractivity contribution is 0.102. The highest BCUT2D eigenvalue weighted by atomic mass is 19.1. The number of anilines is 1. The van der Waals surface area contributed by atoms with Gasteiger partial charge in [-0.2, -0.15) is 0 Å². The van der Waals surface area contributed by atoms with E-state index in [1.54, 1.807) is 24.3 Å². The number of nitrogens with zero attached hydrogens (tertiary/aromatic N) is 2. The van der Waals surface area contributed by atoms with Gasteiger partial charge in [0.1, 0.15) is 17.4 Å². The highest BCUT2D eigenvalue weighted by Crippen LogP contribution is 2.22. The van der Waals surface area contributed by atoms with Gasteiger partial charge in [0.25, 0.3) is 5.91 Å². The predicted octanol–water partition coefficient (Wildman–Crippen LogP) is 3.80. The summed E-state index contributed by atoms with van der Waals surface area (Å²) in [5.41, 5.74) is 0.131. The minimum absolute atomic E-state index is 0.158. The molecule has 1 N–H and O–H groups in total. The summed E-state index contributed by atoms with van der Waals surface area (Å²) in [6, 6.07) is 11.0. The van der Waals surface area contributed by atoms with Crippen LogP contribution in [0.15, 0.2) is 60.9 Å². The lowest BCUT2D eigenvalue weighted by Gasteiger charge is -2.08. The van der Waals surface area contributed by atoms with Gasteiger partial charge in [0.15, 0.2) is 0 Å². The average Bonchev–Trinajstić information content (AvgIpc) is 2.56. The monoisotopic (exact) mass is 327 g/mol. The van der Waals surface area contributed by atoms with Gasteiger partial charge < -0.3 is 10.1 Å². The number of hydrogen-bond acceptors (Lipinski definition) is 4. The molecule has 0 unspecified atom stereocenters. The number of carbonyl (C=O) groups excluding carboxylic acids is 1. The van der Waals surface area contributed by atoms with Gasteiger partial charge in [0, 0.05) is 30.2 Å². The fourth-order valence-corrected chi connectivity index (χ4v) is 1.95. The van der Waals surface area contributed by atoms with Gasteiger partial charge in [-0.05, 0) is 30.3 Å². The Morgan fingerprint density at radius 3 is 2.54 bits per heavy atom. The van der Waals surface area contributed by atoms with Crippen LogP contribution >= 0.6 is 0 Å². The summed E-state index contributed by atoms with van der Waals surface area (Å²) in [5, 5.41) is 2.52. The van der Waals surface area contributed by atoms with Crippen molar-refractivity contribution in [2.75, 3.05) is 5.32 Å². The van der Waals surface area contributed by atoms with Gasteiger partial charge in [-0.25, -0.2) is 18.7 Å². The van der Waals surface area contributed by atoms with Crippen LogP contribution in [0.1, 0.15) is 10.4 Å². The van der Waals surface area contributed by atoms with Crippen molar-refractivity contribution >= 4 is 11.6 Å². The van der Waals surface area contributed by atoms with Gasteiger partial charge >= 0.3 is 6.01 Å². The standard InChI is InChI=1S/C17H11F2N3O2/c18-11-5-6-14(15(19)9-11)16(23)22-12-3-1-4-13(10-12)24-17-20-7-2-8-21-17/h1-10H,(H,22,23). The van der Waals surface area contributed by atoms with Crippen LogP contribution in [0.2, 0.25) is 0 Å². The summed E-state index contributed by atoms with van der Waals surface area (Å²) in [5.74, 6) is -1.97. The van der Waals surface area contributed by atoms with Crippen LogP contribution < -0.4 is 10.1 Å². The van der Waals surface area contributed by atoms with E-state index in [0.29, 0.717) is 17.5 Å². The SMILES string of the molecule is O=C(Nc1cccc(Oc2ncccn2)c1)c1ccc(F)cc1F. The van der Waals surface area contributed by atoms with Gasteiger partial charge in [-0.3, -0.25) is 4.79 Å². The van der Waals surface area contributed by atoms with Crippen LogP contribution in [0, 0.1) is 11.6 Å². The van der Waals surface area contributed by atoms with Crippen LogP contribution in [-0.2, 0) is 0 Å². The first-order valence-corrected chi connectivity index (χ1v) is 6.93. The van der Waals surface area contributed by atoms with Crippen molar-refractivity contribution in [3.05, 3.63) is 78.1 Å². The second-order valence-corrected chi connectivity index (χ2v) is 4.74. The number of benzene rings is 2. The molecule has 7 heteroatoms. The Kier molecular flexibility index (Phi) is 4.42. The topological polar surface area (TPSA) is 64.1 Å². The van der Waals surface area contributed by atoms with E-state index in [2.05, 4.69) is 15.3 Å². The lowest BCUT2D eigenvalue weighted by atomic mass is 10.2. The Hall–Kier alpha value is -3.35. The second kappa shape index (κ2) is 6.82. The van der Waals surface area contributed by atoms with Crippen molar-refractivity contribution in [2.24, 2.45) is 0 Å². The van der Waals surface area contributed by atoms with Gasteiger partial charge in [-0.1, -0.05) is 6.07 Å². The van der Waals surface area contributed by atoms with E-state index >= 15 is 0 Å². The largest absolute Gasteiger partial charge is 0.424 e. The van der Waals surface area contributed by atoms with Crippen molar-refractivity contribution in [1.29, 1.82) is 0 Å². The third-order valence-corrected chi connectivity index (χ3v) is 3.02. The molecule has 0 atom stereocenters. The predicted molar refractivity (Wildman–Crippen MR) is 82.9 cm³/mol. The summed E-state index contributed by atoms with van der Waals surface area (Å²) < 4.78 is 32.0. The number of aromatic nitrogens is 2. The molecule has 1 amide bonds. The van der Waals surface area contributed by atoms with Crippen LogP contribution in [0.25, 0.3) is 0 Å². The molecule has 24 heavy (non-hydrogen) atoms. The van der Waals surface area contributed by atoms with Crippen molar-refractivity contribution in [2.45, 2.75) is 0 Å². The van der Waals surface area contributed by atoms with Gasteiger partial charge in [0.2, 0.25) is 0 Å². The van der Waals surface area contributed by atoms with Crippen molar-refractivity contribution in [3.63, 3.8) is 0 Å². The zero-order valence-corrected chi connectivity index (χ0v) is 12.2. The third-order valence-electron chi connectivity index (χ3n) is 3.02. The van der Waals surface area contributed by atoms with Crippen LogP contribution in [0.5, 0.6) is 11.8 Å². The highest BCUT2D eigenvalue weighted by molar-refractivity contribution is 6.04. The number of rotatable bonds is 4. The molecule has 120 valence electrons. The van der Waals surface area contributed by atoms with Crippen LogP contribution in [0.4, 0.5) is 14.5 Å². The van der Waals surface area contributed by atoms with E-state index in [4.69, 9.17) is 4.74 Å². The summed E-state index contributed by atoms with van der Waals surface area (Å²) in [6.07, 6.45) is 3.07. The fraction of sp³-hybridized carbons (Fsp3) is 0. The molecule has 5 nitrogen and oxygen atoms in total. The molecule has 0 aliphatic heterocycles. The summed E-state index contributed by atoms with van der Waals surface area (Å²) in [7, 11) is 0. The average molecular weight is 327 g/mol. The Bertz CT molecular complexity index is 873. The summed E-state index contributed by atoms with van der Waals surface area (Å²) >= 11 is 0. The first-order chi connectivity index (χ1) is 11.6. The molecule has 0 aliphatic rings. The first-order valence-electron chi connectivity index (χ1n) is 6.93. The molecule has 1 heterocycles. The van der Waals surface area contributed by atoms with E-state index < -0.39 is 17.5 Å². The third kappa shape index (κ3) is 3.70. The van der Waals surface area contributed by atoms with Crippen molar-refractivity contribution < 1.29 is 18.3 Å². The molecule has 3 rings (SSSR count). The zero-order valence-electron chi connectivity index (χ0n) is 12.2. The Balaban J connectivity index is 1.75. The Morgan fingerprint density at radius 1 is 1.00 bits per heavy atom. The maximum absolute atomic E-state index is 13.6. The van der Waals surface area contributed by atoms with Gasteiger partial charge in [-0.15, -0.1) is 0 Å². The molecule has 2 aromatic carbocycles. The van der Waals surface area contributed by atoms with E-state index in [1.165, 1.54) is 18.5 Å². The maximum Gasteiger partial charge on any atom is 0.321 e. The Labute approximate surface area is 136 Å². The number of carbonyl (C=O) groups is 1. The normalized spacial score (nSPS) is 10.2. The minimum Gasteiger partial charge on any atom is -0.424 e. The van der Waals surface area contributed by atoms with Gasteiger partial charge in [0.05, 0.1) is 5.56 Å². The first kappa shape index (κ1) is 15.5. The molecule has 1 aromatic heterocycles. The van der Waals surface area contributed by atoms with E-state index in [1.807, 2.05) is 0 Å². The van der Waals surface area contributed by atoms with Crippen molar-refractivity contribution in [1.82, 2.24) is 9.97 Å². The molecule has 0 saturated carbocycles. The Morgan fingerprint density at radius 2 is 1.79 bits per heavy atom. The quantitative estimate of drug-likeness (QED) is 0.791. The maximum atomic E-state index is 13.6. The molecule has 0 bridgehead atoms. The minimum atomic E-state index is -0.933. The van der Waals surface area contributed by atoms with Crippen molar-refractivity contribution in [3.8, 4) is 11.8 Å². The summed E-state index contributed by atoms with van der Waals surface area (Å²) in [4.78, 5) is 19.9. The smallest absolute Gasteiger partial charge is 0.321 e. The molecular weight excluding hydrogens is 316 g/mol. The molecular formula is C17H11F2N3O2. The van der Waals surface area contributed by atoms with E-state index in [9.17, 15) is 13.6 Å². The molecule has 0 saturated heterocycles. The van der Waals surface area contributed by atoms with Crippen LogP contribution in [-0.4, -0.2) is 15.9 Å². The fourth-order valence-electron chi connectivity index (χ4n) is 1.95. The molecule has 0 radical (unpaired) electrons. The van der Waals surface area contributed by atoms with E-state index in [-0.39, 0.29) is 11.6 Å². The highest BCUT2D eigenvalue weighted by Gasteiger charge is 2.13.